The van der Waals surface area contributed by atoms with E-state index < -0.39 is 35.4 Å². The van der Waals surface area contributed by atoms with Crippen molar-refractivity contribution in [3.05, 3.63) is 11.8 Å². The van der Waals surface area contributed by atoms with Crippen LogP contribution in [0, 0.1) is 0 Å². The second-order valence-electron chi connectivity index (χ2n) is 2.72. The van der Waals surface area contributed by atoms with Crippen LogP contribution in [-0.2, 0) is 0 Å². The van der Waals surface area contributed by atoms with Crippen LogP contribution < -0.4 is 9.47 Å². The van der Waals surface area contributed by atoms with Crippen LogP contribution in [0.5, 0.6) is 17.4 Å². The van der Waals surface area contributed by atoms with Gasteiger partial charge >= 0.3 is 12.3 Å². The van der Waals surface area contributed by atoms with Gasteiger partial charge in [-0.1, -0.05) is 0 Å². The molecule has 1 aromatic heterocycles. The van der Waals surface area contributed by atoms with Gasteiger partial charge in [0.1, 0.15) is 0 Å². The maximum atomic E-state index is 11.9. The number of rotatable bonds is 3. The van der Waals surface area contributed by atoms with Crippen molar-refractivity contribution in [3.63, 3.8) is 0 Å². The lowest BCUT2D eigenvalue weighted by molar-refractivity contribution is -0.275. The maximum absolute atomic E-state index is 11.9. The predicted molar refractivity (Wildman–Crippen MR) is 46.1 cm³/mol. The summed E-state index contributed by atoms with van der Waals surface area (Å²) >= 11 is 0. The van der Waals surface area contributed by atoms with Crippen LogP contribution in [-0.4, -0.2) is 34.6 Å². The number of pyridine rings is 1. The van der Waals surface area contributed by atoms with Gasteiger partial charge in [0, 0.05) is 6.07 Å². The minimum atomic E-state index is -5.07. The lowest BCUT2D eigenvalue weighted by atomic mass is 10.3. The average Bonchev–Trinajstić information content (AvgIpc) is 2.18. The summed E-state index contributed by atoms with van der Waals surface area (Å²) in [5, 5.41) is 17.8. The fourth-order valence-electron chi connectivity index (χ4n) is 0.947. The van der Waals surface area contributed by atoms with Crippen molar-refractivity contribution in [1.82, 2.24) is 4.98 Å². The number of carboxylic acids is 1. The van der Waals surface area contributed by atoms with Crippen LogP contribution in [0.4, 0.5) is 13.2 Å². The molecule has 2 N–H and O–H groups in total. The van der Waals surface area contributed by atoms with Gasteiger partial charge in [-0.25, -0.2) is 9.78 Å². The van der Waals surface area contributed by atoms with Crippen LogP contribution in [0.3, 0.4) is 0 Å². The van der Waals surface area contributed by atoms with E-state index in [4.69, 9.17) is 5.11 Å². The zero-order chi connectivity index (χ0) is 13.2. The molecule has 0 saturated heterocycles. The molecule has 1 rings (SSSR count). The van der Waals surface area contributed by atoms with Crippen molar-refractivity contribution in [2.75, 3.05) is 7.11 Å². The fraction of sp³-hybridized carbons (Fsp3) is 0.250. The fourth-order valence-corrected chi connectivity index (χ4v) is 0.947. The molecule has 0 radical (unpaired) electrons. The third-order valence-corrected chi connectivity index (χ3v) is 1.56. The molecule has 6 nitrogen and oxygen atoms in total. The number of nitrogens with zero attached hydrogens (tertiary/aromatic N) is 1. The van der Waals surface area contributed by atoms with E-state index in [2.05, 4.69) is 14.5 Å². The van der Waals surface area contributed by atoms with E-state index in [1.807, 2.05) is 0 Å². The smallest absolute Gasteiger partial charge is 0.501 e. The Labute approximate surface area is 92.2 Å². The van der Waals surface area contributed by atoms with Gasteiger partial charge < -0.3 is 19.7 Å². The van der Waals surface area contributed by atoms with Gasteiger partial charge in [0.05, 0.1) is 7.11 Å². The number of ether oxygens (including phenoxy) is 2. The van der Waals surface area contributed by atoms with Crippen molar-refractivity contribution >= 4 is 5.97 Å². The third kappa shape index (κ3) is 3.13. The second-order valence-corrected chi connectivity index (χ2v) is 2.72. The standard InChI is InChI=1S/C8H6F3NO5/c1-16-6-5(13)4(17-8(9,10)11)2-3(12-6)7(14)15/h2,13H,1H3,(H,14,15). The Hall–Kier alpha value is -2.19. The summed E-state index contributed by atoms with van der Waals surface area (Å²) in [5.74, 6) is -4.39. The maximum Gasteiger partial charge on any atom is 0.573 e. The van der Waals surface area contributed by atoms with Crippen LogP contribution in [0.2, 0.25) is 0 Å². The van der Waals surface area contributed by atoms with Crippen molar-refractivity contribution in [2.24, 2.45) is 0 Å². The highest BCUT2D eigenvalue weighted by molar-refractivity contribution is 5.86. The molecule has 0 unspecified atom stereocenters. The average molecular weight is 253 g/mol. The summed E-state index contributed by atoms with van der Waals surface area (Å²) in [7, 11) is 1.01. The minimum absolute atomic E-state index is 0.438. The predicted octanol–water partition coefficient (Wildman–Crippen LogP) is 1.39. The molecule has 0 aliphatic rings. The van der Waals surface area contributed by atoms with Crippen LogP contribution in [0.15, 0.2) is 6.07 Å². The van der Waals surface area contributed by atoms with Gasteiger partial charge in [-0.15, -0.1) is 13.2 Å². The zero-order valence-corrected chi connectivity index (χ0v) is 8.28. The highest BCUT2D eigenvalue weighted by Crippen LogP contribution is 2.37. The first-order chi connectivity index (χ1) is 7.74. The van der Waals surface area contributed by atoms with E-state index in [1.165, 1.54) is 0 Å². The SMILES string of the molecule is COc1nc(C(=O)O)cc(OC(F)(F)F)c1O. The summed E-state index contributed by atoms with van der Waals surface area (Å²) in [6.45, 7) is 0. The number of alkyl halides is 3. The summed E-state index contributed by atoms with van der Waals surface area (Å²) in [5.41, 5.74) is -0.751. The normalized spacial score (nSPS) is 11.1. The lowest BCUT2D eigenvalue weighted by Gasteiger charge is -2.12. The first-order valence-corrected chi connectivity index (χ1v) is 4.01. The highest BCUT2D eigenvalue weighted by Gasteiger charge is 2.34. The van der Waals surface area contributed by atoms with Gasteiger partial charge in [-0.2, -0.15) is 0 Å². The minimum Gasteiger partial charge on any atom is -0.501 e. The Morgan fingerprint density at radius 2 is 2.06 bits per heavy atom. The molecule has 0 amide bonds. The Kier molecular flexibility index (Phi) is 3.30. The van der Waals surface area contributed by atoms with E-state index in [-0.39, 0.29) is 0 Å². The highest BCUT2D eigenvalue weighted by atomic mass is 19.4. The molecule has 0 aliphatic carbocycles. The number of hydrogen-bond donors (Lipinski definition) is 2. The first kappa shape index (κ1) is 12.9. The molecule has 0 fully saturated rings. The van der Waals surface area contributed by atoms with E-state index >= 15 is 0 Å². The molecule has 9 heteroatoms. The van der Waals surface area contributed by atoms with Crippen molar-refractivity contribution in [2.45, 2.75) is 6.36 Å². The molecule has 0 saturated carbocycles. The number of halogens is 3. The molecular weight excluding hydrogens is 247 g/mol. The van der Waals surface area contributed by atoms with Crippen LogP contribution in [0.25, 0.3) is 0 Å². The Morgan fingerprint density at radius 3 is 2.47 bits per heavy atom. The van der Waals surface area contributed by atoms with Gasteiger partial charge in [0.25, 0.3) is 5.88 Å². The number of hydrogen-bond acceptors (Lipinski definition) is 5. The van der Waals surface area contributed by atoms with E-state index in [9.17, 15) is 23.1 Å². The molecule has 0 atom stereocenters. The molecular formula is C8H6F3NO5. The molecule has 0 spiro atoms. The molecule has 0 bridgehead atoms. The van der Waals surface area contributed by atoms with Gasteiger partial charge in [-0.05, 0) is 0 Å². The summed E-state index contributed by atoms with van der Waals surface area (Å²) in [6.07, 6.45) is -5.07. The number of aromatic hydroxyl groups is 1. The van der Waals surface area contributed by atoms with E-state index in [1.54, 1.807) is 0 Å². The lowest BCUT2D eigenvalue weighted by Crippen LogP contribution is -2.18. The molecule has 1 aromatic rings. The Morgan fingerprint density at radius 1 is 1.47 bits per heavy atom. The van der Waals surface area contributed by atoms with Crippen molar-refractivity contribution in [1.29, 1.82) is 0 Å². The van der Waals surface area contributed by atoms with Crippen molar-refractivity contribution < 1.29 is 37.7 Å². The number of carboxylic acid groups (broad SMARTS) is 1. The van der Waals surface area contributed by atoms with E-state index in [0.717, 1.165) is 7.11 Å². The summed E-state index contributed by atoms with van der Waals surface area (Å²) in [6, 6.07) is 0.438. The van der Waals surface area contributed by atoms with Crippen molar-refractivity contribution in [3.8, 4) is 17.4 Å². The number of aromatic carboxylic acids is 1. The molecule has 17 heavy (non-hydrogen) atoms. The van der Waals surface area contributed by atoms with Gasteiger partial charge in [0.2, 0.25) is 5.75 Å². The molecule has 94 valence electrons. The first-order valence-electron chi connectivity index (χ1n) is 4.01. The summed E-state index contributed by atoms with van der Waals surface area (Å²) in [4.78, 5) is 13.8. The number of aromatic nitrogens is 1. The van der Waals surface area contributed by atoms with E-state index in [0.29, 0.717) is 6.07 Å². The second kappa shape index (κ2) is 4.36. The Balaban J connectivity index is 3.28. The van der Waals surface area contributed by atoms with Crippen LogP contribution >= 0.6 is 0 Å². The largest absolute Gasteiger partial charge is 0.573 e. The molecule has 0 aromatic carbocycles. The number of carbonyl (C=O) groups is 1. The zero-order valence-electron chi connectivity index (χ0n) is 8.28. The molecule has 0 aliphatic heterocycles. The monoisotopic (exact) mass is 253 g/mol. The van der Waals surface area contributed by atoms with Crippen LogP contribution in [0.1, 0.15) is 10.5 Å². The topological polar surface area (TPSA) is 88.9 Å². The number of methoxy groups -OCH3 is 1. The summed E-state index contributed by atoms with van der Waals surface area (Å²) < 4.78 is 43.7. The Bertz CT molecular complexity index is 446. The van der Waals surface area contributed by atoms with Gasteiger partial charge in [-0.3, -0.25) is 0 Å². The molecule has 1 heterocycles. The quantitative estimate of drug-likeness (QED) is 0.846. The van der Waals surface area contributed by atoms with Gasteiger partial charge in [0.15, 0.2) is 11.4 Å². The third-order valence-electron chi connectivity index (χ3n) is 1.56.